The molecule has 0 aliphatic rings. The van der Waals surface area contributed by atoms with Gasteiger partial charge in [0.2, 0.25) is 0 Å². The lowest BCUT2D eigenvalue weighted by molar-refractivity contribution is 0.583. The molecule has 0 fully saturated rings. The monoisotopic (exact) mass is 321 g/mol. The fourth-order valence-corrected chi connectivity index (χ4v) is 2.58. The summed E-state index contributed by atoms with van der Waals surface area (Å²) in [5.74, 6) is -0.191. The molecule has 0 heterocycles. The summed E-state index contributed by atoms with van der Waals surface area (Å²) < 4.78 is 14.6. The van der Waals surface area contributed by atoms with Crippen LogP contribution in [0.25, 0.3) is 0 Å². The molecule has 2 N–H and O–H groups in total. The zero-order valence-electron chi connectivity index (χ0n) is 10.9. The number of rotatable bonds is 4. The van der Waals surface area contributed by atoms with Gasteiger partial charge in [-0.25, -0.2) is 4.39 Å². The first-order chi connectivity index (χ1) is 9.06. The lowest BCUT2D eigenvalue weighted by atomic mass is 9.97. The minimum absolute atomic E-state index is 0.0788. The molecule has 0 aliphatic heterocycles. The molecule has 2 aromatic carbocycles. The largest absolute Gasteiger partial charge is 0.327 e. The maximum absolute atomic E-state index is 13.7. The molecule has 0 spiro atoms. The van der Waals surface area contributed by atoms with Gasteiger partial charge in [0.05, 0.1) is 0 Å². The third-order valence-corrected chi connectivity index (χ3v) is 3.73. The number of halogens is 2. The molecule has 0 bridgehead atoms. The molecule has 19 heavy (non-hydrogen) atoms. The summed E-state index contributed by atoms with van der Waals surface area (Å²) in [4.78, 5) is 0. The van der Waals surface area contributed by atoms with Crippen LogP contribution in [0.2, 0.25) is 0 Å². The first kappa shape index (κ1) is 14.2. The van der Waals surface area contributed by atoms with Crippen molar-refractivity contribution in [3.05, 3.63) is 69.4 Å². The van der Waals surface area contributed by atoms with Crippen LogP contribution in [0.15, 0.2) is 46.9 Å². The zero-order valence-corrected chi connectivity index (χ0v) is 12.5. The Morgan fingerprint density at radius 1 is 1.11 bits per heavy atom. The van der Waals surface area contributed by atoms with Gasteiger partial charge >= 0.3 is 0 Å². The van der Waals surface area contributed by atoms with Gasteiger partial charge in [-0.1, -0.05) is 40.2 Å². The van der Waals surface area contributed by atoms with Crippen molar-refractivity contribution in [2.24, 2.45) is 5.73 Å². The lowest BCUT2D eigenvalue weighted by Crippen LogP contribution is -2.26. The predicted octanol–water partition coefficient (Wildman–Crippen LogP) is 4.01. The molecule has 1 unspecified atom stereocenters. The van der Waals surface area contributed by atoms with E-state index in [1.54, 1.807) is 12.1 Å². The molecule has 0 aromatic heterocycles. The van der Waals surface area contributed by atoms with Crippen LogP contribution < -0.4 is 5.73 Å². The summed E-state index contributed by atoms with van der Waals surface area (Å²) in [5, 5.41) is 0. The molecule has 2 aromatic rings. The van der Waals surface area contributed by atoms with E-state index in [0.717, 1.165) is 10.9 Å². The third-order valence-electron chi connectivity index (χ3n) is 3.23. The molecule has 0 saturated carbocycles. The van der Waals surface area contributed by atoms with Crippen molar-refractivity contribution >= 4 is 15.9 Å². The highest BCUT2D eigenvalue weighted by molar-refractivity contribution is 9.10. The maximum atomic E-state index is 13.7. The molecule has 3 heteroatoms. The fraction of sp³-hybridized carbons (Fsp3) is 0.250. The van der Waals surface area contributed by atoms with Crippen LogP contribution in [0.4, 0.5) is 4.39 Å². The van der Waals surface area contributed by atoms with E-state index in [0.29, 0.717) is 12.0 Å². The Morgan fingerprint density at radius 2 is 1.79 bits per heavy atom. The van der Waals surface area contributed by atoms with Crippen molar-refractivity contribution in [2.45, 2.75) is 25.8 Å². The van der Waals surface area contributed by atoms with Gasteiger partial charge in [0.25, 0.3) is 0 Å². The average molecular weight is 322 g/mol. The van der Waals surface area contributed by atoms with Gasteiger partial charge in [0, 0.05) is 10.5 Å². The first-order valence-electron chi connectivity index (χ1n) is 6.30. The summed E-state index contributed by atoms with van der Waals surface area (Å²) in [6, 6.07) is 13.1. The molecular weight excluding hydrogens is 305 g/mol. The van der Waals surface area contributed by atoms with E-state index in [2.05, 4.69) is 35.0 Å². The molecule has 0 saturated heterocycles. The van der Waals surface area contributed by atoms with E-state index in [1.165, 1.54) is 17.2 Å². The Labute approximate surface area is 121 Å². The highest BCUT2D eigenvalue weighted by atomic mass is 79.9. The Hall–Kier alpha value is -1.19. The maximum Gasteiger partial charge on any atom is 0.126 e. The number of benzene rings is 2. The van der Waals surface area contributed by atoms with Gasteiger partial charge in [0.15, 0.2) is 0 Å². The van der Waals surface area contributed by atoms with Gasteiger partial charge in [0.1, 0.15) is 5.82 Å². The molecule has 0 aliphatic carbocycles. The fourth-order valence-electron chi connectivity index (χ4n) is 2.18. The molecule has 1 nitrogen and oxygen atoms in total. The second-order valence-electron chi connectivity index (χ2n) is 4.83. The van der Waals surface area contributed by atoms with E-state index in [-0.39, 0.29) is 11.9 Å². The van der Waals surface area contributed by atoms with Gasteiger partial charge in [-0.05, 0) is 54.7 Å². The van der Waals surface area contributed by atoms with E-state index < -0.39 is 0 Å². The van der Waals surface area contributed by atoms with Crippen LogP contribution in [0, 0.1) is 12.7 Å². The molecular formula is C16H17BrFN. The Balaban J connectivity index is 2.07. The molecule has 1 atom stereocenters. The van der Waals surface area contributed by atoms with Crippen molar-refractivity contribution in [1.29, 1.82) is 0 Å². The van der Waals surface area contributed by atoms with Crippen LogP contribution in [0.1, 0.15) is 16.7 Å². The average Bonchev–Trinajstić information content (AvgIpc) is 2.37. The lowest BCUT2D eigenvalue weighted by Gasteiger charge is -2.14. The van der Waals surface area contributed by atoms with Crippen molar-refractivity contribution in [1.82, 2.24) is 0 Å². The normalized spacial score (nSPS) is 12.4. The molecule has 0 amide bonds. The van der Waals surface area contributed by atoms with Crippen LogP contribution in [0.5, 0.6) is 0 Å². The number of nitrogens with two attached hydrogens (primary N) is 1. The van der Waals surface area contributed by atoms with Crippen molar-refractivity contribution < 1.29 is 4.39 Å². The minimum Gasteiger partial charge on any atom is -0.327 e. The van der Waals surface area contributed by atoms with E-state index in [4.69, 9.17) is 5.73 Å². The predicted molar refractivity (Wildman–Crippen MR) is 80.7 cm³/mol. The highest BCUT2D eigenvalue weighted by Gasteiger charge is 2.10. The Kier molecular flexibility index (Phi) is 4.72. The highest BCUT2D eigenvalue weighted by Crippen LogP contribution is 2.18. The van der Waals surface area contributed by atoms with E-state index in [1.807, 2.05) is 12.1 Å². The van der Waals surface area contributed by atoms with Gasteiger partial charge in [-0.2, -0.15) is 0 Å². The minimum atomic E-state index is -0.191. The van der Waals surface area contributed by atoms with Crippen molar-refractivity contribution in [3.8, 4) is 0 Å². The smallest absolute Gasteiger partial charge is 0.126 e. The van der Waals surface area contributed by atoms with Crippen LogP contribution in [0.3, 0.4) is 0 Å². The summed E-state index contributed by atoms with van der Waals surface area (Å²) in [6.07, 6.45) is 1.30. The summed E-state index contributed by atoms with van der Waals surface area (Å²) in [5.41, 5.74) is 9.26. The van der Waals surface area contributed by atoms with Crippen molar-refractivity contribution in [3.63, 3.8) is 0 Å². The van der Waals surface area contributed by atoms with E-state index >= 15 is 0 Å². The SMILES string of the molecule is Cc1ccccc1CC(N)Cc1cc(Br)ccc1F. The topological polar surface area (TPSA) is 26.0 Å². The second kappa shape index (κ2) is 6.31. The summed E-state index contributed by atoms with van der Waals surface area (Å²) in [6.45, 7) is 2.07. The standard InChI is InChI=1S/C16H17BrFN/c1-11-4-2-3-5-12(11)9-15(19)10-13-8-14(17)6-7-16(13)18/h2-8,15H,9-10,19H2,1H3. The molecule has 100 valence electrons. The zero-order chi connectivity index (χ0) is 13.8. The van der Waals surface area contributed by atoms with Crippen LogP contribution in [-0.4, -0.2) is 6.04 Å². The van der Waals surface area contributed by atoms with Gasteiger partial charge in [-0.3, -0.25) is 0 Å². The number of hydrogen-bond acceptors (Lipinski definition) is 1. The van der Waals surface area contributed by atoms with Crippen molar-refractivity contribution in [2.75, 3.05) is 0 Å². The number of hydrogen-bond donors (Lipinski definition) is 1. The Bertz CT molecular complexity index is 568. The number of aryl methyl sites for hydroxylation is 1. The summed E-state index contributed by atoms with van der Waals surface area (Å²) >= 11 is 3.36. The molecule has 2 rings (SSSR count). The van der Waals surface area contributed by atoms with Gasteiger partial charge < -0.3 is 5.73 Å². The van der Waals surface area contributed by atoms with Crippen LogP contribution in [-0.2, 0) is 12.8 Å². The second-order valence-corrected chi connectivity index (χ2v) is 5.75. The van der Waals surface area contributed by atoms with E-state index in [9.17, 15) is 4.39 Å². The summed E-state index contributed by atoms with van der Waals surface area (Å²) in [7, 11) is 0. The van der Waals surface area contributed by atoms with Crippen LogP contribution >= 0.6 is 15.9 Å². The molecule has 0 radical (unpaired) electrons. The Morgan fingerprint density at radius 3 is 2.53 bits per heavy atom. The first-order valence-corrected chi connectivity index (χ1v) is 7.09. The quantitative estimate of drug-likeness (QED) is 0.904. The van der Waals surface area contributed by atoms with Gasteiger partial charge in [-0.15, -0.1) is 0 Å². The third kappa shape index (κ3) is 3.88.